The van der Waals surface area contributed by atoms with Gasteiger partial charge >= 0.3 is 0 Å². The zero-order valence-electron chi connectivity index (χ0n) is 12.2. The standard InChI is InChI=1S/C16H19N5/c1-12(2)17-8-13-9-18-20-16(13)14-10-19-21(11-14)15-6-4-3-5-7-15/h3-7,9-12,17H,8H2,1-2H3,(H,18,20). The lowest BCUT2D eigenvalue weighted by Gasteiger charge is -2.07. The molecule has 0 bridgehead atoms. The van der Waals surface area contributed by atoms with Gasteiger partial charge < -0.3 is 5.32 Å². The van der Waals surface area contributed by atoms with Crippen LogP contribution in [0.25, 0.3) is 16.9 Å². The Morgan fingerprint density at radius 2 is 2.00 bits per heavy atom. The molecular formula is C16H19N5. The lowest BCUT2D eigenvalue weighted by Crippen LogP contribution is -2.21. The number of nitrogens with zero attached hydrogens (tertiary/aromatic N) is 3. The summed E-state index contributed by atoms with van der Waals surface area (Å²) in [4.78, 5) is 0. The van der Waals surface area contributed by atoms with Crippen molar-refractivity contribution < 1.29 is 0 Å². The van der Waals surface area contributed by atoms with Crippen LogP contribution in [0, 0.1) is 0 Å². The first-order valence-corrected chi connectivity index (χ1v) is 7.10. The van der Waals surface area contributed by atoms with Gasteiger partial charge in [0.05, 0.1) is 23.8 Å². The van der Waals surface area contributed by atoms with Crippen molar-refractivity contribution in [3.8, 4) is 16.9 Å². The van der Waals surface area contributed by atoms with E-state index in [-0.39, 0.29) is 0 Å². The van der Waals surface area contributed by atoms with Crippen LogP contribution in [0.4, 0.5) is 0 Å². The number of nitrogens with one attached hydrogen (secondary N) is 2. The van der Waals surface area contributed by atoms with Gasteiger partial charge in [0.1, 0.15) is 0 Å². The number of para-hydroxylation sites is 1. The van der Waals surface area contributed by atoms with E-state index in [1.54, 1.807) is 0 Å². The monoisotopic (exact) mass is 281 g/mol. The van der Waals surface area contributed by atoms with E-state index in [2.05, 4.69) is 34.5 Å². The molecule has 0 aliphatic rings. The Kier molecular flexibility index (Phi) is 3.83. The molecule has 0 radical (unpaired) electrons. The lowest BCUT2D eigenvalue weighted by atomic mass is 10.1. The van der Waals surface area contributed by atoms with E-state index in [0.717, 1.165) is 29.1 Å². The zero-order valence-corrected chi connectivity index (χ0v) is 12.2. The second-order valence-corrected chi connectivity index (χ2v) is 5.31. The van der Waals surface area contributed by atoms with Gasteiger partial charge in [0.2, 0.25) is 0 Å². The van der Waals surface area contributed by atoms with Crippen LogP contribution in [0.3, 0.4) is 0 Å². The summed E-state index contributed by atoms with van der Waals surface area (Å²) in [5, 5.41) is 15.1. The number of hydrogen-bond donors (Lipinski definition) is 2. The van der Waals surface area contributed by atoms with Crippen molar-refractivity contribution >= 4 is 0 Å². The molecule has 0 amide bonds. The van der Waals surface area contributed by atoms with Gasteiger partial charge in [-0.05, 0) is 12.1 Å². The molecule has 5 nitrogen and oxygen atoms in total. The summed E-state index contributed by atoms with van der Waals surface area (Å²) in [5.41, 5.74) is 4.25. The van der Waals surface area contributed by atoms with Crippen LogP contribution in [0.5, 0.6) is 0 Å². The minimum atomic E-state index is 0.444. The molecule has 21 heavy (non-hydrogen) atoms. The van der Waals surface area contributed by atoms with Crippen LogP contribution in [0.2, 0.25) is 0 Å². The van der Waals surface area contributed by atoms with Gasteiger partial charge in [-0.25, -0.2) is 4.68 Å². The van der Waals surface area contributed by atoms with E-state index in [1.807, 2.05) is 53.6 Å². The van der Waals surface area contributed by atoms with E-state index in [1.165, 1.54) is 0 Å². The molecule has 108 valence electrons. The fourth-order valence-electron chi connectivity index (χ4n) is 2.18. The third-order valence-electron chi connectivity index (χ3n) is 3.31. The maximum absolute atomic E-state index is 4.43. The number of hydrogen-bond acceptors (Lipinski definition) is 3. The minimum absolute atomic E-state index is 0.444. The summed E-state index contributed by atoms with van der Waals surface area (Å²) in [6.07, 6.45) is 5.74. The van der Waals surface area contributed by atoms with Crippen molar-refractivity contribution in [3.63, 3.8) is 0 Å². The second-order valence-electron chi connectivity index (χ2n) is 5.31. The van der Waals surface area contributed by atoms with Crippen molar-refractivity contribution in [2.45, 2.75) is 26.4 Å². The van der Waals surface area contributed by atoms with Crippen molar-refractivity contribution in [1.29, 1.82) is 0 Å². The first-order chi connectivity index (χ1) is 10.2. The molecule has 1 aromatic carbocycles. The molecule has 0 spiro atoms. The quantitative estimate of drug-likeness (QED) is 0.756. The molecule has 0 unspecified atom stereocenters. The van der Waals surface area contributed by atoms with E-state index >= 15 is 0 Å². The first-order valence-electron chi connectivity index (χ1n) is 7.10. The largest absolute Gasteiger partial charge is 0.310 e. The highest BCUT2D eigenvalue weighted by Crippen LogP contribution is 2.21. The smallest absolute Gasteiger partial charge is 0.0726 e. The molecule has 0 atom stereocenters. The van der Waals surface area contributed by atoms with Crippen LogP contribution in [-0.2, 0) is 6.54 Å². The van der Waals surface area contributed by atoms with E-state index in [0.29, 0.717) is 6.04 Å². The Labute approximate surface area is 124 Å². The molecule has 0 saturated heterocycles. The molecule has 2 N–H and O–H groups in total. The maximum Gasteiger partial charge on any atom is 0.0726 e. The van der Waals surface area contributed by atoms with Gasteiger partial charge in [-0.2, -0.15) is 10.2 Å². The Bertz CT molecular complexity index is 696. The SMILES string of the molecule is CC(C)NCc1cn[nH]c1-c1cnn(-c2ccccc2)c1. The highest BCUT2D eigenvalue weighted by Gasteiger charge is 2.10. The van der Waals surface area contributed by atoms with E-state index in [4.69, 9.17) is 0 Å². The van der Waals surface area contributed by atoms with Crippen molar-refractivity contribution in [1.82, 2.24) is 25.3 Å². The number of rotatable bonds is 5. The Balaban J connectivity index is 1.85. The van der Waals surface area contributed by atoms with Crippen LogP contribution < -0.4 is 5.32 Å². The predicted octanol–water partition coefficient (Wildman–Crippen LogP) is 2.76. The Morgan fingerprint density at radius 1 is 1.19 bits per heavy atom. The molecular weight excluding hydrogens is 262 g/mol. The van der Waals surface area contributed by atoms with Gasteiger partial charge in [-0.15, -0.1) is 0 Å². The van der Waals surface area contributed by atoms with Crippen LogP contribution >= 0.6 is 0 Å². The van der Waals surface area contributed by atoms with Gasteiger partial charge in [-0.3, -0.25) is 5.10 Å². The van der Waals surface area contributed by atoms with Crippen LogP contribution in [0.15, 0.2) is 48.9 Å². The Hall–Kier alpha value is -2.40. The molecule has 2 aromatic heterocycles. The van der Waals surface area contributed by atoms with Crippen LogP contribution in [0.1, 0.15) is 19.4 Å². The number of H-pyrrole nitrogens is 1. The van der Waals surface area contributed by atoms with Gasteiger partial charge in [0, 0.05) is 29.9 Å². The van der Waals surface area contributed by atoms with E-state index in [9.17, 15) is 0 Å². The molecule has 5 heteroatoms. The third-order valence-corrected chi connectivity index (χ3v) is 3.31. The highest BCUT2D eigenvalue weighted by atomic mass is 15.3. The zero-order chi connectivity index (χ0) is 14.7. The number of benzene rings is 1. The number of aromatic nitrogens is 4. The summed E-state index contributed by atoms with van der Waals surface area (Å²) < 4.78 is 1.87. The predicted molar refractivity (Wildman–Crippen MR) is 83.1 cm³/mol. The van der Waals surface area contributed by atoms with E-state index < -0.39 is 0 Å². The molecule has 0 saturated carbocycles. The summed E-state index contributed by atoms with van der Waals surface area (Å²) >= 11 is 0. The summed E-state index contributed by atoms with van der Waals surface area (Å²) in [7, 11) is 0. The fraction of sp³-hybridized carbons (Fsp3) is 0.250. The topological polar surface area (TPSA) is 58.5 Å². The average Bonchev–Trinajstić information content (AvgIpc) is 3.14. The molecule has 0 aliphatic heterocycles. The summed E-state index contributed by atoms with van der Waals surface area (Å²) in [5.74, 6) is 0. The van der Waals surface area contributed by atoms with Crippen molar-refractivity contribution in [2.75, 3.05) is 0 Å². The fourth-order valence-corrected chi connectivity index (χ4v) is 2.18. The van der Waals surface area contributed by atoms with Crippen LogP contribution in [-0.4, -0.2) is 26.0 Å². The van der Waals surface area contributed by atoms with Crippen molar-refractivity contribution in [3.05, 3.63) is 54.5 Å². The highest BCUT2D eigenvalue weighted by molar-refractivity contribution is 5.61. The minimum Gasteiger partial charge on any atom is -0.310 e. The second kappa shape index (κ2) is 5.93. The Morgan fingerprint density at radius 3 is 2.76 bits per heavy atom. The van der Waals surface area contributed by atoms with Gasteiger partial charge in [0.15, 0.2) is 0 Å². The molecule has 3 aromatic rings. The third kappa shape index (κ3) is 3.03. The first kappa shape index (κ1) is 13.6. The van der Waals surface area contributed by atoms with Gasteiger partial charge in [0.25, 0.3) is 0 Å². The molecule has 3 rings (SSSR count). The molecule has 0 aliphatic carbocycles. The summed E-state index contributed by atoms with van der Waals surface area (Å²) in [6, 6.07) is 10.5. The molecule has 2 heterocycles. The summed E-state index contributed by atoms with van der Waals surface area (Å²) in [6.45, 7) is 5.06. The molecule has 0 fully saturated rings. The van der Waals surface area contributed by atoms with Gasteiger partial charge in [-0.1, -0.05) is 32.0 Å². The maximum atomic E-state index is 4.43. The normalized spacial score (nSPS) is 11.2. The lowest BCUT2D eigenvalue weighted by molar-refractivity contribution is 0.589. The van der Waals surface area contributed by atoms with Crippen molar-refractivity contribution in [2.24, 2.45) is 0 Å². The number of aromatic amines is 1. The average molecular weight is 281 g/mol.